The molecule has 12 nitrogen and oxygen atoms in total. The Labute approximate surface area is 330 Å². The lowest BCUT2D eigenvalue weighted by Crippen LogP contribution is -2.57. The van der Waals surface area contributed by atoms with Gasteiger partial charge in [0, 0.05) is 66.5 Å². The normalized spacial score (nSPS) is 18.7. The second-order valence-corrected chi connectivity index (χ2v) is 15.1. The Morgan fingerprint density at radius 1 is 0.855 bits per heavy atom. The minimum Gasteiger partial charge on any atom is -0.361 e. The van der Waals surface area contributed by atoms with E-state index < -0.39 is 18.1 Å². The Kier molecular flexibility index (Phi) is 13.9. The molecule has 0 saturated carbocycles. The van der Waals surface area contributed by atoms with Crippen LogP contribution in [0.1, 0.15) is 48.8 Å². The summed E-state index contributed by atoms with van der Waals surface area (Å²) < 4.78 is 0. The number of aromatic nitrogens is 3. The number of para-hydroxylation sites is 1. The zero-order valence-electron chi connectivity index (χ0n) is 30.9. The molecule has 6 rings (SSSR count). The van der Waals surface area contributed by atoms with E-state index in [9.17, 15) is 14.4 Å². The second-order valence-electron chi connectivity index (χ2n) is 13.7. The fourth-order valence-electron chi connectivity index (χ4n) is 6.84. The average Bonchev–Trinajstić information content (AvgIpc) is 3.62. The highest BCUT2D eigenvalue weighted by Crippen LogP contribution is 2.39. The van der Waals surface area contributed by atoms with E-state index in [0.717, 1.165) is 43.7 Å². The van der Waals surface area contributed by atoms with Gasteiger partial charge in [-0.2, -0.15) is 0 Å². The Morgan fingerprint density at radius 3 is 2.44 bits per heavy atom. The first-order valence-corrected chi connectivity index (χ1v) is 19.9. The van der Waals surface area contributed by atoms with Gasteiger partial charge in [0.15, 0.2) is 0 Å². The molecule has 3 unspecified atom stereocenters. The predicted octanol–water partition coefficient (Wildman–Crippen LogP) is 4.94. The molecule has 0 fully saturated rings. The first-order chi connectivity index (χ1) is 26.8. The Morgan fingerprint density at radius 2 is 1.64 bits per heavy atom. The lowest BCUT2D eigenvalue weighted by molar-refractivity contribution is -0.142. The number of H-pyrrole nitrogens is 1. The van der Waals surface area contributed by atoms with Crippen molar-refractivity contribution in [2.75, 3.05) is 20.1 Å². The zero-order valence-corrected chi connectivity index (χ0v) is 32.5. The molecular weight excluding hydrogens is 734 g/mol. The van der Waals surface area contributed by atoms with Crippen molar-refractivity contribution in [1.29, 1.82) is 0 Å². The average molecular weight is 782 g/mol. The first-order valence-electron chi connectivity index (χ1n) is 18.7. The minimum atomic E-state index is -0.921. The highest BCUT2D eigenvalue weighted by molar-refractivity contribution is 7.99. The van der Waals surface area contributed by atoms with Crippen LogP contribution in [0, 0.1) is 0 Å². The molecule has 0 spiro atoms. The maximum atomic E-state index is 14.5. The summed E-state index contributed by atoms with van der Waals surface area (Å²) in [7, 11) is 1.63. The third-order valence-corrected chi connectivity index (χ3v) is 11.6. The molecule has 1 aliphatic heterocycles. The van der Waals surface area contributed by atoms with Gasteiger partial charge in [0.25, 0.3) is 0 Å². The van der Waals surface area contributed by atoms with Gasteiger partial charge in [-0.1, -0.05) is 53.7 Å². The number of aromatic amines is 1. The van der Waals surface area contributed by atoms with E-state index in [-0.39, 0.29) is 30.7 Å². The van der Waals surface area contributed by atoms with Crippen molar-refractivity contribution in [3.8, 4) is 11.3 Å². The van der Waals surface area contributed by atoms with Gasteiger partial charge >= 0.3 is 0 Å². The van der Waals surface area contributed by atoms with Gasteiger partial charge in [-0.05, 0) is 98.3 Å². The smallest absolute Gasteiger partial charge is 0.245 e. The number of carbonyl (C=O) groups is 3. The van der Waals surface area contributed by atoms with Crippen molar-refractivity contribution < 1.29 is 14.4 Å². The Balaban J connectivity index is 1.44. The topological polar surface area (TPSA) is 184 Å². The van der Waals surface area contributed by atoms with E-state index in [1.807, 2.05) is 72.9 Å². The molecule has 55 heavy (non-hydrogen) atoms. The summed E-state index contributed by atoms with van der Waals surface area (Å²) in [6.07, 6.45) is 8.27. The third-order valence-electron chi connectivity index (χ3n) is 9.90. The second kappa shape index (κ2) is 19.2. The van der Waals surface area contributed by atoms with Crippen LogP contribution in [0.15, 0.2) is 95.2 Å². The fourth-order valence-corrected chi connectivity index (χ4v) is 8.19. The van der Waals surface area contributed by atoms with Crippen molar-refractivity contribution in [3.05, 3.63) is 107 Å². The Bertz CT molecular complexity index is 2100. The van der Waals surface area contributed by atoms with Crippen molar-refractivity contribution >= 4 is 52.0 Å². The number of carbonyl (C=O) groups excluding carboxylic acids is 3. The number of pyridine rings is 2. The van der Waals surface area contributed by atoms with Crippen LogP contribution in [0.3, 0.4) is 0 Å². The van der Waals surface area contributed by atoms with Crippen LogP contribution >= 0.6 is 23.4 Å². The molecule has 14 heteroatoms. The van der Waals surface area contributed by atoms with Crippen molar-refractivity contribution in [1.82, 2.24) is 35.8 Å². The number of amides is 3. The van der Waals surface area contributed by atoms with Crippen LogP contribution in [-0.4, -0.2) is 75.8 Å². The van der Waals surface area contributed by atoms with Crippen molar-refractivity contribution in [2.45, 2.75) is 79.7 Å². The summed E-state index contributed by atoms with van der Waals surface area (Å²) in [5.41, 5.74) is 16.7. The van der Waals surface area contributed by atoms with Gasteiger partial charge in [-0.3, -0.25) is 19.4 Å². The van der Waals surface area contributed by atoms with Gasteiger partial charge in [0.05, 0.1) is 16.8 Å². The molecular formula is C41H48ClN9O3S. The zero-order chi connectivity index (χ0) is 38.7. The number of benzene rings is 2. The molecule has 0 radical (unpaired) electrons. The van der Waals surface area contributed by atoms with E-state index in [0.29, 0.717) is 61.8 Å². The van der Waals surface area contributed by atoms with Crippen molar-refractivity contribution in [2.24, 2.45) is 11.5 Å². The number of rotatable bonds is 10. The molecule has 4 heterocycles. The number of nitrogens with two attached hydrogens (primary N) is 2. The largest absolute Gasteiger partial charge is 0.361 e. The molecule has 8 N–H and O–H groups in total. The standard InChI is InChI=1S/C41H48ClN9O3S/c1-51-36(22-28-24-47-33-13-3-2-11-30(28)33)39(53)49-25-29-20-27(32-12-5-7-18-45-32)21-31(42)37(29)55-40-26(10-9-19-46-40)23-48-34(15-8-17-44)38(52)50-35(41(51)54)14-4-6-16-43/h2-3,5,7,9-13,18-21,24,34-36,47-48H,4,6,8,14-17,22-23,25,43-44H2,1H3,(H,49,53)(H,50,52). The van der Waals surface area contributed by atoms with Gasteiger partial charge in [-0.15, -0.1) is 0 Å². The minimum absolute atomic E-state index is 0.117. The highest BCUT2D eigenvalue weighted by atomic mass is 35.5. The van der Waals surface area contributed by atoms with Gasteiger partial charge < -0.3 is 37.3 Å². The third kappa shape index (κ3) is 9.91. The monoisotopic (exact) mass is 781 g/mol. The number of hydrogen-bond donors (Lipinski definition) is 6. The molecule has 5 aromatic rings. The lowest BCUT2D eigenvalue weighted by Gasteiger charge is -2.32. The molecule has 3 atom stereocenters. The maximum absolute atomic E-state index is 14.5. The summed E-state index contributed by atoms with van der Waals surface area (Å²) in [6, 6.07) is 18.7. The summed E-state index contributed by atoms with van der Waals surface area (Å²) >= 11 is 8.47. The van der Waals surface area contributed by atoms with E-state index in [1.165, 1.54) is 16.7 Å². The van der Waals surface area contributed by atoms with Crippen LogP contribution in [0.25, 0.3) is 22.2 Å². The molecule has 288 valence electrons. The van der Waals surface area contributed by atoms with Crippen LogP contribution in [0.5, 0.6) is 0 Å². The number of nitrogens with zero attached hydrogens (tertiary/aromatic N) is 3. The fraction of sp³-hybridized carbons (Fsp3) is 0.341. The summed E-state index contributed by atoms with van der Waals surface area (Å²) in [5, 5.41) is 11.7. The van der Waals surface area contributed by atoms with E-state index in [1.54, 1.807) is 19.4 Å². The van der Waals surface area contributed by atoms with E-state index in [2.05, 4.69) is 25.9 Å². The number of likely N-dealkylation sites (N-methyl/N-ethyl adjacent to an activating group) is 1. The summed E-state index contributed by atoms with van der Waals surface area (Å²) in [5.74, 6) is -1.03. The maximum Gasteiger partial charge on any atom is 0.245 e. The van der Waals surface area contributed by atoms with Gasteiger partial charge in [-0.25, -0.2) is 4.98 Å². The van der Waals surface area contributed by atoms with Crippen LogP contribution in [-0.2, 0) is 33.9 Å². The Hall–Kier alpha value is -4.79. The SMILES string of the molecule is CN1C(=O)C(CCCCN)NC(=O)C(CCCN)NCc2cccnc2Sc2c(Cl)cc(-c3ccccn3)cc2CNC(=O)C1Cc1c[nH]c2ccccc12. The summed E-state index contributed by atoms with van der Waals surface area (Å²) in [6.45, 7) is 1.30. The quantitative estimate of drug-likeness (QED) is 0.107. The number of nitrogens with one attached hydrogen (secondary N) is 4. The van der Waals surface area contributed by atoms with Crippen LogP contribution in [0.2, 0.25) is 5.02 Å². The molecule has 0 saturated heterocycles. The molecule has 0 aliphatic carbocycles. The number of unbranched alkanes of at least 4 members (excludes halogenated alkanes) is 1. The number of hydrogen-bond acceptors (Lipinski definition) is 9. The molecule has 3 aromatic heterocycles. The molecule has 2 aromatic carbocycles. The van der Waals surface area contributed by atoms with E-state index >= 15 is 0 Å². The van der Waals surface area contributed by atoms with Crippen LogP contribution in [0.4, 0.5) is 0 Å². The van der Waals surface area contributed by atoms with Gasteiger partial charge in [0.1, 0.15) is 17.1 Å². The molecule has 3 amide bonds. The lowest BCUT2D eigenvalue weighted by atomic mass is 10.0. The predicted molar refractivity (Wildman–Crippen MR) is 217 cm³/mol. The summed E-state index contributed by atoms with van der Waals surface area (Å²) in [4.78, 5) is 57.8. The number of fused-ring (bicyclic) bond motifs is 3. The van der Waals surface area contributed by atoms with Crippen LogP contribution < -0.4 is 27.4 Å². The first kappa shape index (κ1) is 39.9. The molecule has 1 aliphatic rings. The van der Waals surface area contributed by atoms with Crippen molar-refractivity contribution in [3.63, 3.8) is 0 Å². The molecule has 0 bridgehead atoms. The van der Waals surface area contributed by atoms with Gasteiger partial charge in [0.2, 0.25) is 17.7 Å². The number of halogens is 1. The highest BCUT2D eigenvalue weighted by Gasteiger charge is 2.34. The van der Waals surface area contributed by atoms with E-state index in [4.69, 9.17) is 28.1 Å².